The fourth-order valence-electron chi connectivity index (χ4n) is 3.47. The number of aryl methyl sites for hydroxylation is 1. The molecule has 0 aliphatic carbocycles. The molecule has 1 heterocycles. The molecular weight excluding hydrogens is 376 g/mol. The van der Waals surface area contributed by atoms with Crippen molar-refractivity contribution in [3.63, 3.8) is 0 Å². The van der Waals surface area contributed by atoms with Crippen LogP contribution in [-0.4, -0.2) is 52.4 Å². The van der Waals surface area contributed by atoms with Crippen molar-refractivity contribution in [3.8, 4) is 0 Å². The lowest BCUT2D eigenvalue weighted by molar-refractivity contribution is -0.150. The highest BCUT2D eigenvalue weighted by Crippen LogP contribution is 2.22. The molecule has 1 aliphatic heterocycles. The summed E-state index contributed by atoms with van der Waals surface area (Å²) >= 11 is 5.89. The van der Waals surface area contributed by atoms with Crippen LogP contribution in [0.2, 0.25) is 5.02 Å². The smallest absolute Gasteiger partial charge is 0.227 e. The van der Waals surface area contributed by atoms with Crippen molar-refractivity contribution < 1.29 is 15.0 Å². The predicted octanol–water partition coefficient (Wildman–Crippen LogP) is 2.31. The van der Waals surface area contributed by atoms with Gasteiger partial charge in [0.25, 0.3) is 0 Å². The van der Waals surface area contributed by atoms with Crippen LogP contribution in [0.25, 0.3) is 0 Å². The maximum Gasteiger partial charge on any atom is 0.227 e. The number of carbonyl (C=O) groups is 1. The Morgan fingerprint density at radius 3 is 2.50 bits per heavy atom. The van der Waals surface area contributed by atoms with Gasteiger partial charge in [-0.3, -0.25) is 4.79 Å². The van der Waals surface area contributed by atoms with Crippen molar-refractivity contribution in [3.05, 3.63) is 70.2 Å². The molecule has 150 valence electrons. The van der Waals surface area contributed by atoms with Gasteiger partial charge in [0, 0.05) is 24.7 Å². The Morgan fingerprint density at radius 2 is 1.82 bits per heavy atom. The lowest BCUT2D eigenvalue weighted by Crippen LogP contribution is -2.62. The number of likely N-dealkylation sites (tertiary alicyclic amines) is 1. The quantitative estimate of drug-likeness (QED) is 0.693. The van der Waals surface area contributed by atoms with Crippen LogP contribution in [-0.2, 0) is 17.8 Å². The van der Waals surface area contributed by atoms with E-state index in [1.54, 1.807) is 17.0 Å². The summed E-state index contributed by atoms with van der Waals surface area (Å²) in [5.41, 5.74) is 1.81. The lowest BCUT2D eigenvalue weighted by atomic mass is 9.89. The molecule has 1 amide bonds. The molecule has 0 unspecified atom stereocenters. The highest BCUT2D eigenvalue weighted by atomic mass is 35.5. The standard InChI is InChI=1S/C22H27ClN2O3/c1-16-2-4-18(5-3-16)13-24-14-22(28)15-25(11-10-20(22)26)21(27)12-17-6-8-19(23)9-7-17/h2-9,20,24,26,28H,10-15H2,1H3/t20-,22+/m0/s1. The number of benzene rings is 2. The fraction of sp³-hybridized carbons (Fsp3) is 0.409. The van der Waals surface area contributed by atoms with Crippen LogP contribution in [0.1, 0.15) is 23.1 Å². The first kappa shape index (κ1) is 20.8. The molecule has 2 aromatic carbocycles. The summed E-state index contributed by atoms with van der Waals surface area (Å²) in [5, 5.41) is 25.1. The Kier molecular flexibility index (Phi) is 6.73. The van der Waals surface area contributed by atoms with Gasteiger partial charge in [0.1, 0.15) is 5.60 Å². The molecule has 3 N–H and O–H groups in total. The van der Waals surface area contributed by atoms with Crippen LogP contribution in [0.15, 0.2) is 48.5 Å². The van der Waals surface area contributed by atoms with Crippen molar-refractivity contribution in [2.75, 3.05) is 19.6 Å². The van der Waals surface area contributed by atoms with E-state index in [-0.39, 0.29) is 25.4 Å². The van der Waals surface area contributed by atoms with Gasteiger partial charge in [0.2, 0.25) is 5.91 Å². The number of rotatable bonds is 6. The van der Waals surface area contributed by atoms with Gasteiger partial charge >= 0.3 is 0 Å². The number of hydrogen-bond donors (Lipinski definition) is 3. The lowest BCUT2D eigenvalue weighted by Gasteiger charge is -2.43. The Balaban J connectivity index is 1.56. The first-order chi connectivity index (χ1) is 13.4. The second kappa shape index (κ2) is 9.05. The van der Waals surface area contributed by atoms with Gasteiger partial charge < -0.3 is 20.4 Å². The average molecular weight is 403 g/mol. The second-order valence-corrected chi connectivity index (χ2v) is 8.05. The van der Waals surface area contributed by atoms with Gasteiger partial charge in [0.15, 0.2) is 0 Å². The maximum atomic E-state index is 12.7. The van der Waals surface area contributed by atoms with Gasteiger partial charge in [-0.05, 0) is 36.6 Å². The zero-order valence-corrected chi connectivity index (χ0v) is 16.8. The Bertz CT molecular complexity index is 794. The van der Waals surface area contributed by atoms with Gasteiger partial charge in [-0.25, -0.2) is 0 Å². The average Bonchev–Trinajstić information content (AvgIpc) is 2.67. The van der Waals surface area contributed by atoms with E-state index in [4.69, 9.17) is 11.6 Å². The summed E-state index contributed by atoms with van der Waals surface area (Å²) in [6.45, 7) is 3.39. The van der Waals surface area contributed by atoms with Crippen LogP contribution in [0.5, 0.6) is 0 Å². The molecule has 3 rings (SSSR count). The third kappa shape index (κ3) is 5.32. The number of piperidine rings is 1. The molecule has 0 aromatic heterocycles. The summed E-state index contributed by atoms with van der Waals surface area (Å²) in [6.07, 6.45) is -0.257. The van der Waals surface area contributed by atoms with Crippen molar-refractivity contribution in [1.82, 2.24) is 10.2 Å². The number of aliphatic hydroxyl groups excluding tert-OH is 1. The SMILES string of the molecule is Cc1ccc(CNC[C@@]2(O)CN(C(=O)Cc3ccc(Cl)cc3)CC[C@@H]2O)cc1. The van der Waals surface area contributed by atoms with Crippen LogP contribution >= 0.6 is 11.6 Å². The van der Waals surface area contributed by atoms with E-state index in [0.29, 0.717) is 24.5 Å². The van der Waals surface area contributed by atoms with Crippen molar-refractivity contribution in [2.24, 2.45) is 0 Å². The summed E-state index contributed by atoms with van der Waals surface area (Å²) in [5.74, 6) is -0.0637. The van der Waals surface area contributed by atoms with Gasteiger partial charge in [-0.1, -0.05) is 53.6 Å². The molecule has 1 aliphatic rings. The minimum absolute atomic E-state index is 0.0637. The van der Waals surface area contributed by atoms with Crippen molar-refractivity contribution >= 4 is 17.5 Å². The third-order valence-corrected chi connectivity index (χ3v) is 5.51. The molecule has 2 aromatic rings. The molecule has 28 heavy (non-hydrogen) atoms. The highest BCUT2D eigenvalue weighted by Gasteiger charge is 2.42. The number of hydrogen-bond acceptors (Lipinski definition) is 4. The highest BCUT2D eigenvalue weighted by molar-refractivity contribution is 6.30. The van der Waals surface area contributed by atoms with Gasteiger partial charge in [0.05, 0.1) is 19.1 Å². The summed E-state index contributed by atoms with van der Waals surface area (Å²) in [7, 11) is 0. The number of amides is 1. The van der Waals surface area contributed by atoms with Crippen LogP contribution < -0.4 is 5.32 Å². The minimum Gasteiger partial charge on any atom is -0.390 e. The van der Waals surface area contributed by atoms with Crippen LogP contribution in [0, 0.1) is 6.92 Å². The van der Waals surface area contributed by atoms with Gasteiger partial charge in [-0.2, -0.15) is 0 Å². The monoisotopic (exact) mass is 402 g/mol. The largest absolute Gasteiger partial charge is 0.390 e. The predicted molar refractivity (Wildman–Crippen MR) is 110 cm³/mol. The molecule has 0 radical (unpaired) electrons. The van der Waals surface area contributed by atoms with Crippen LogP contribution in [0.4, 0.5) is 0 Å². The minimum atomic E-state index is -1.36. The summed E-state index contributed by atoms with van der Waals surface area (Å²) in [6, 6.07) is 15.3. The number of halogens is 1. The Hall–Kier alpha value is -1.92. The zero-order valence-electron chi connectivity index (χ0n) is 16.1. The fourth-order valence-corrected chi connectivity index (χ4v) is 3.59. The molecule has 6 heteroatoms. The number of carbonyl (C=O) groups excluding carboxylic acids is 1. The molecular formula is C22H27ClN2O3. The molecule has 0 spiro atoms. The van der Waals surface area contributed by atoms with E-state index >= 15 is 0 Å². The normalized spacial score (nSPS) is 22.3. The van der Waals surface area contributed by atoms with E-state index in [0.717, 1.165) is 11.1 Å². The second-order valence-electron chi connectivity index (χ2n) is 7.62. The number of nitrogens with zero attached hydrogens (tertiary/aromatic N) is 1. The van der Waals surface area contributed by atoms with Crippen molar-refractivity contribution in [2.45, 2.75) is 38.0 Å². The maximum absolute atomic E-state index is 12.7. The van der Waals surface area contributed by atoms with Gasteiger partial charge in [-0.15, -0.1) is 0 Å². The third-order valence-electron chi connectivity index (χ3n) is 5.26. The van der Waals surface area contributed by atoms with E-state index < -0.39 is 11.7 Å². The molecule has 1 saturated heterocycles. The van der Waals surface area contributed by atoms with Crippen molar-refractivity contribution in [1.29, 1.82) is 0 Å². The molecule has 0 bridgehead atoms. The summed E-state index contributed by atoms with van der Waals surface area (Å²) in [4.78, 5) is 14.3. The topological polar surface area (TPSA) is 72.8 Å². The summed E-state index contributed by atoms with van der Waals surface area (Å²) < 4.78 is 0. The molecule has 1 fully saturated rings. The molecule has 0 saturated carbocycles. The Labute approximate surface area is 170 Å². The number of nitrogens with one attached hydrogen (secondary N) is 1. The van der Waals surface area contributed by atoms with E-state index in [1.165, 1.54) is 5.56 Å². The number of β-amino-alcohol motifs (C(OH)–C–C–N with tert-alkyl or cyclic N) is 1. The first-order valence-corrected chi connectivity index (χ1v) is 9.92. The van der Waals surface area contributed by atoms with E-state index in [1.807, 2.05) is 43.3 Å². The van der Waals surface area contributed by atoms with E-state index in [2.05, 4.69) is 5.32 Å². The molecule has 2 atom stereocenters. The number of aliphatic hydroxyl groups is 2. The first-order valence-electron chi connectivity index (χ1n) is 9.55. The molecule has 5 nitrogen and oxygen atoms in total. The van der Waals surface area contributed by atoms with E-state index in [9.17, 15) is 15.0 Å². The van der Waals surface area contributed by atoms with Crippen LogP contribution in [0.3, 0.4) is 0 Å². The zero-order chi connectivity index (χ0) is 20.1. The Morgan fingerprint density at radius 1 is 1.18 bits per heavy atom.